The van der Waals surface area contributed by atoms with Crippen LogP contribution in [-0.2, 0) is 17.5 Å². The van der Waals surface area contributed by atoms with Gasteiger partial charge in [0.2, 0.25) is 0 Å². The molecular formula is C20H15F4NO3. The van der Waals surface area contributed by atoms with Gasteiger partial charge in [-0.05, 0) is 42.8 Å². The third-order valence-corrected chi connectivity index (χ3v) is 3.91. The molecule has 1 aromatic heterocycles. The molecule has 0 saturated heterocycles. The SMILES string of the molecule is CCOC(=O)c1cnc2cc(OCc3ccc(F)c(C(F)(F)F)c3)ccc2c1. The van der Waals surface area contributed by atoms with Crippen LogP contribution in [0.3, 0.4) is 0 Å². The fourth-order valence-corrected chi connectivity index (χ4v) is 2.56. The van der Waals surface area contributed by atoms with Gasteiger partial charge < -0.3 is 9.47 Å². The van der Waals surface area contributed by atoms with E-state index in [-0.39, 0.29) is 18.8 Å². The Morgan fingerprint density at radius 3 is 2.61 bits per heavy atom. The zero-order valence-electron chi connectivity index (χ0n) is 14.7. The van der Waals surface area contributed by atoms with Crippen LogP contribution in [0.25, 0.3) is 10.9 Å². The van der Waals surface area contributed by atoms with Crippen LogP contribution >= 0.6 is 0 Å². The van der Waals surface area contributed by atoms with Crippen molar-refractivity contribution in [3.8, 4) is 5.75 Å². The van der Waals surface area contributed by atoms with Gasteiger partial charge in [0.05, 0.1) is 23.3 Å². The lowest BCUT2D eigenvalue weighted by molar-refractivity contribution is -0.140. The number of hydrogen-bond donors (Lipinski definition) is 0. The van der Waals surface area contributed by atoms with Gasteiger partial charge >= 0.3 is 12.1 Å². The van der Waals surface area contributed by atoms with E-state index in [4.69, 9.17) is 9.47 Å². The second-order valence-corrected chi connectivity index (χ2v) is 5.90. The van der Waals surface area contributed by atoms with Crippen molar-refractivity contribution in [2.75, 3.05) is 6.61 Å². The van der Waals surface area contributed by atoms with Gasteiger partial charge in [-0.3, -0.25) is 4.98 Å². The molecule has 0 radical (unpaired) electrons. The number of benzene rings is 2. The lowest BCUT2D eigenvalue weighted by Crippen LogP contribution is -2.09. The van der Waals surface area contributed by atoms with Crippen molar-refractivity contribution in [3.05, 3.63) is 71.2 Å². The van der Waals surface area contributed by atoms with Crippen molar-refractivity contribution in [3.63, 3.8) is 0 Å². The molecule has 4 nitrogen and oxygen atoms in total. The maximum Gasteiger partial charge on any atom is 0.419 e. The third kappa shape index (κ3) is 4.39. The van der Waals surface area contributed by atoms with Crippen LogP contribution in [0.15, 0.2) is 48.7 Å². The average molecular weight is 393 g/mol. The molecule has 28 heavy (non-hydrogen) atoms. The normalized spacial score (nSPS) is 11.5. The van der Waals surface area contributed by atoms with E-state index < -0.39 is 23.5 Å². The number of pyridine rings is 1. The predicted molar refractivity (Wildman–Crippen MR) is 93.4 cm³/mol. The maximum absolute atomic E-state index is 13.3. The van der Waals surface area contributed by atoms with Crippen molar-refractivity contribution < 1.29 is 31.8 Å². The number of ether oxygens (including phenoxy) is 2. The number of esters is 1. The smallest absolute Gasteiger partial charge is 0.419 e. The van der Waals surface area contributed by atoms with Crippen molar-refractivity contribution >= 4 is 16.9 Å². The molecule has 0 N–H and O–H groups in total. The number of nitrogens with zero attached hydrogens (tertiary/aromatic N) is 1. The molecule has 3 rings (SSSR count). The molecule has 0 amide bonds. The largest absolute Gasteiger partial charge is 0.489 e. The fourth-order valence-electron chi connectivity index (χ4n) is 2.56. The van der Waals surface area contributed by atoms with Crippen LogP contribution in [0.4, 0.5) is 17.6 Å². The first kappa shape index (κ1) is 19.6. The first-order valence-corrected chi connectivity index (χ1v) is 8.33. The zero-order chi connectivity index (χ0) is 20.3. The second kappa shape index (κ2) is 7.84. The number of alkyl halides is 3. The Labute approximate surface area is 157 Å². The van der Waals surface area contributed by atoms with Crippen LogP contribution in [0.2, 0.25) is 0 Å². The minimum atomic E-state index is -4.77. The van der Waals surface area contributed by atoms with E-state index in [2.05, 4.69) is 4.98 Å². The summed E-state index contributed by atoms with van der Waals surface area (Å²) in [6.07, 6.45) is -3.40. The Hall–Kier alpha value is -3.16. The summed E-state index contributed by atoms with van der Waals surface area (Å²) >= 11 is 0. The molecule has 0 spiro atoms. The summed E-state index contributed by atoms with van der Waals surface area (Å²) in [5.74, 6) is -1.43. The van der Waals surface area contributed by atoms with Gasteiger partial charge in [-0.15, -0.1) is 0 Å². The maximum atomic E-state index is 13.3. The molecule has 0 saturated carbocycles. The van der Waals surface area contributed by atoms with Gasteiger partial charge in [0, 0.05) is 17.6 Å². The Morgan fingerprint density at radius 2 is 1.89 bits per heavy atom. The number of aromatic nitrogens is 1. The number of fused-ring (bicyclic) bond motifs is 1. The standard InChI is InChI=1S/C20H15F4NO3/c1-2-27-19(26)14-8-13-4-5-15(9-18(13)25-10-14)28-11-12-3-6-17(21)16(7-12)20(22,23)24/h3-10H,2,11H2,1H3. The summed E-state index contributed by atoms with van der Waals surface area (Å²) in [6.45, 7) is 1.79. The number of rotatable bonds is 5. The molecule has 0 unspecified atom stereocenters. The van der Waals surface area contributed by atoms with Gasteiger partial charge in [0.15, 0.2) is 0 Å². The lowest BCUT2D eigenvalue weighted by Gasteiger charge is -2.11. The third-order valence-electron chi connectivity index (χ3n) is 3.91. The van der Waals surface area contributed by atoms with E-state index in [9.17, 15) is 22.4 Å². The summed E-state index contributed by atoms with van der Waals surface area (Å²) < 4.78 is 62.1. The highest BCUT2D eigenvalue weighted by Crippen LogP contribution is 2.32. The summed E-state index contributed by atoms with van der Waals surface area (Å²) in [5.41, 5.74) is -0.297. The van der Waals surface area contributed by atoms with Crippen LogP contribution in [0.1, 0.15) is 28.4 Å². The quantitative estimate of drug-likeness (QED) is 0.444. The van der Waals surface area contributed by atoms with Crippen LogP contribution < -0.4 is 4.74 Å². The van der Waals surface area contributed by atoms with Gasteiger partial charge in [-0.25, -0.2) is 9.18 Å². The number of halogens is 4. The van der Waals surface area contributed by atoms with Gasteiger partial charge in [-0.2, -0.15) is 13.2 Å². The highest BCUT2D eigenvalue weighted by atomic mass is 19.4. The first-order valence-electron chi connectivity index (χ1n) is 8.33. The molecule has 0 aliphatic rings. The Bertz CT molecular complexity index is 1020. The van der Waals surface area contributed by atoms with Crippen LogP contribution in [-0.4, -0.2) is 17.6 Å². The topological polar surface area (TPSA) is 48.4 Å². The molecule has 0 aliphatic heterocycles. The predicted octanol–water partition coefficient (Wildman–Crippen LogP) is 5.15. The molecular weight excluding hydrogens is 378 g/mol. The van der Waals surface area contributed by atoms with Crippen LogP contribution in [0, 0.1) is 5.82 Å². The minimum Gasteiger partial charge on any atom is -0.489 e. The Balaban J connectivity index is 1.76. The number of hydrogen-bond acceptors (Lipinski definition) is 4. The zero-order valence-corrected chi connectivity index (χ0v) is 14.7. The molecule has 2 aromatic carbocycles. The van der Waals surface area contributed by atoms with E-state index in [1.807, 2.05) is 0 Å². The summed E-state index contributed by atoms with van der Waals surface area (Å²) in [7, 11) is 0. The fraction of sp³-hybridized carbons (Fsp3) is 0.200. The van der Waals surface area contributed by atoms with Crippen molar-refractivity contribution in [1.29, 1.82) is 0 Å². The van der Waals surface area contributed by atoms with E-state index in [1.54, 1.807) is 31.2 Å². The molecule has 8 heteroatoms. The second-order valence-electron chi connectivity index (χ2n) is 5.90. The van der Waals surface area contributed by atoms with Gasteiger partial charge in [0.1, 0.15) is 18.2 Å². The molecule has 146 valence electrons. The highest BCUT2D eigenvalue weighted by Gasteiger charge is 2.34. The van der Waals surface area contributed by atoms with Crippen molar-refractivity contribution in [2.45, 2.75) is 19.7 Å². The molecule has 0 atom stereocenters. The Kier molecular flexibility index (Phi) is 5.48. The van der Waals surface area contributed by atoms with Gasteiger partial charge in [0.25, 0.3) is 0 Å². The highest BCUT2D eigenvalue weighted by molar-refractivity contribution is 5.93. The average Bonchev–Trinajstić information content (AvgIpc) is 2.66. The van der Waals surface area contributed by atoms with E-state index in [0.29, 0.717) is 22.2 Å². The van der Waals surface area contributed by atoms with Crippen molar-refractivity contribution in [1.82, 2.24) is 4.98 Å². The van der Waals surface area contributed by atoms with Gasteiger partial charge in [-0.1, -0.05) is 6.07 Å². The van der Waals surface area contributed by atoms with Crippen LogP contribution in [0.5, 0.6) is 5.75 Å². The monoisotopic (exact) mass is 393 g/mol. The number of carbonyl (C=O) groups is 1. The molecule has 0 fully saturated rings. The summed E-state index contributed by atoms with van der Waals surface area (Å²) in [4.78, 5) is 15.9. The summed E-state index contributed by atoms with van der Waals surface area (Å²) in [6, 6.07) is 9.22. The molecule has 0 aliphatic carbocycles. The molecule has 0 bridgehead atoms. The Morgan fingerprint density at radius 1 is 1.11 bits per heavy atom. The summed E-state index contributed by atoms with van der Waals surface area (Å²) in [5, 5.41) is 0.680. The minimum absolute atomic E-state index is 0.171. The lowest BCUT2D eigenvalue weighted by atomic mass is 10.1. The van der Waals surface area contributed by atoms with Crippen molar-refractivity contribution in [2.24, 2.45) is 0 Å². The molecule has 1 heterocycles. The first-order chi connectivity index (χ1) is 13.3. The van der Waals surface area contributed by atoms with E-state index >= 15 is 0 Å². The van der Waals surface area contributed by atoms with E-state index in [1.165, 1.54) is 12.3 Å². The molecule has 3 aromatic rings. The van der Waals surface area contributed by atoms with E-state index in [0.717, 1.165) is 12.1 Å². The number of carbonyl (C=O) groups excluding carboxylic acids is 1.